The minimum absolute atomic E-state index is 0.00423. The maximum absolute atomic E-state index is 13.9. The lowest BCUT2D eigenvalue weighted by molar-refractivity contribution is -0.384. The number of urea groups is 1. The van der Waals surface area contributed by atoms with Crippen LogP contribution in [0.25, 0.3) is 0 Å². The Balaban J connectivity index is 1.66. The van der Waals surface area contributed by atoms with Crippen LogP contribution in [-0.2, 0) is 14.3 Å². The molecule has 0 saturated carbocycles. The summed E-state index contributed by atoms with van der Waals surface area (Å²) in [5, 5.41) is 23.3. The lowest BCUT2D eigenvalue weighted by Crippen LogP contribution is -2.57. The number of carboxylic acid groups (broad SMARTS) is 1. The third-order valence-electron chi connectivity index (χ3n) is 6.45. The average Bonchev–Trinajstić information content (AvgIpc) is 3.37. The molecule has 2 unspecified atom stereocenters. The number of nitrogens with zero attached hydrogens (tertiary/aromatic N) is 4. The Labute approximate surface area is 221 Å². The second kappa shape index (κ2) is 11.9. The predicted molar refractivity (Wildman–Crippen MR) is 132 cm³/mol. The van der Waals surface area contributed by atoms with Crippen molar-refractivity contribution < 1.29 is 38.3 Å². The molecule has 2 N–H and O–H groups in total. The van der Waals surface area contributed by atoms with E-state index in [9.17, 15) is 38.8 Å². The first-order valence-electron chi connectivity index (χ1n) is 12.1. The first-order chi connectivity index (χ1) is 18.7. The number of non-ortho nitro benzene ring substituents is 1. The summed E-state index contributed by atoms with van der Waals surface area (Å²) in [7, 11) is 0. The molecule has 0 bridgehead atoms. The molecule has 2 atom stereocenters. The quantitative estimate of drug-likeness (QED) is 0.393. The van der Waals surface area contributed by atoms with Gasteiger partial charge in [-0.1, -0.05) is 18.2 Å². The van der Waals surface area contributed by atoms with Crippen molar-refractivity contribution in [3.63, 3.8) is 0 Å². The number of nitro groups is 1. The third-order valence-corrected chi connectivity index (χ3v) is 6.45. The van der Waals surface area contributed by atoms with E-state index in [0.717, 1.165) is 23.1 Å². The second-order valence-corrected chi connectivity index (χ2v) is 8.97. The van der Waals surface area contributed by atoms with Gasteiger partial charge < -0.3 is 25.0 Å². The maximum atomic E-state index is 13.9. The number of carbonyl (C=O) groups excluding carboxylic acids is 3. The molecule has 0 spiro atoms. The molecule has 2 aromatic carbocycles. The average molecular weight is 544 g/mol. The largest absolute Gasteiger partial charge is 0.481 e. The van der Waals surface area contributed by atoms with Crippen LogP contribution >= 0.6 is 0 Å². The zero-order valence-electron chi connectivity index (χ0n) is 20.7. The third kappa shape index (κ3) is 6.29. The summed E-state index contributed by atoms with van der Waals surface area (Å²) in [5.74, 6) is -3.50. The molecule has 0 aliphatic carbocycles. The Morgan fingerprint density at radius 1 is 1.05 bits per heavy atom. The molecule has 39 heavy (non-hydrogen) atoms. The number of hydrogen-bond donors (Lipinski definition) is 2. The highest BCUT2D eigenvalue weighted by molar-refractivity contribution is 5.99. The van der Waals surface area contributed by atoms with E-state index in [4.69, 9.17) is 4.74 Å². The monoisotopic (exact) mass is 543 g/mol. The van der Waals surface area contributed by atoms with Crippen LogP contribution in [0.5, 0.6) is 0 Å². The van der Waals surface area contributed by atoms with Crippen molar-refractivity contribution in [3.8, 4) is 0 Å². The Hall–Kier alpha value is -4.59. The molecular weight excluding hydrogens is 517 g/mol. The fourth-order valence-electron chi connectivity index (χ4n) is 4.58. The number of nitro benzene ring substituents is 1. The fourth-order valence-corrected chi connectivity index (χ4v) is 4.58. The summed E-state index contributed by atoms with van der Waals surface area (Å²) in [4.78, 5) is 66.4. The number of aliphatic carboxylic acids is 1. The number of ether oxygens (including phenoxy) is 1. The van der Waals surface area contributed by atoms with E-state index in [0.29, 0.717) is 13.2 Å². The molecule has 0 radical (unpaired) electrons. The van der Waals surface area contributed by atoms with Gasteiger partial charge in [0, 0.05) is 43.9 Å². The molecule has 2 saturated heterocycles. The van der Waals surface area contributed by atoms with Gasteiger partial charge in [0.1, 0.15) is 5.82 Å². The zero-order valence-corrected chi connectivity index (χ0v) is 20.7. The first kappa shape index (κ1) is 27.4. The molecule has 14 heteroatoms. The van der Waals surface area contributed by atoms with Crippen LogP contribution in [0.4, 0.5) is 14.9 Å². The van der Waals surface area contributed by atoms with E-state index < -0.39 is 53.2 Å². The van der Waals surface area contributed by atoms with Gasteiger partial charge in [0.2, 0.25) is 0 Å². The summed E-state index contributed by atoms with van der Waals surface area (Å²) in [5.41, 5.74) is -0.175. The van der Waals surface area contributed by atoms with Crippen molar-refractivity contribution >= 4 is 29.5 Å². The number of hydrogen-bond acceptors (Lipinski definition) is 7. The van der Waals surface area contributed by atoms with Gasteiger partial charge in [-0.15, -0.1) is 0 Å². The number of nitrogens with one attached hydrogen (secondary N) is 1. The number of carboxylic acids is 1. The molecule has 0 aromatic heterocycles. The lowest BCUT2D eigenvalue weighted by Gasteiger charge is -2.35. The van der Waals surface area contributed by atoms with E-state index in [2.05, 4.69) is 5.32 Å². The highest BCUT2D eigenvalue weighted by Crippen LogP contribution is 2.25. The highest BCUT2D eigenvalue weighted by Gasteiger charge is 2.45. The van der Waals surface area contributed by atoms with Crippen LogP contribution in [0.15, 0.2) is 48.5 Å². The van der Waals surface area contributed by atoms with Gasteiger partial charge in [-0.05, 0) is 23.8 Å². The number of benzene rings is 2. The van der Waals surface area contributed by atoms with Crippen LogP contribution in [0.1, 0.15) is 28.4 Å². The molecule has 4 rings (SSSR count). The summed E-state index contributed by atoms with van der Waals surface area (Å²) < 4.78 is 19.1. The number of halogens is 1. The van der Waals surface area contributed by atoms with Gasteiger partial charge in [-0.25, -0.2) is 9.18 Å². The molecule has 2 heterocycles. The Morgan fingerprint density at radius 3 is 2.41 bits per heavy atom. The Bertz CT molecular complexity index is 1280. The lowest BCUT2D eigenvalue weighted by atomic mass is 10.0. The minimum atomic E-state index is -1.48. The van der Waals surface area contributed by atoms with Crippen molar-refractivity contribution in [2.75, 3.05) is 39.4 Å². The van der Waals surface area contributed by atoms with E-state index in [-0.39, 0.29) is 43.0 Å². The minimum Gasteiger partial charge on any atom is -0.481 e. The van der Waals surface area contributed by atoms with Gasteiger partial charge in [-0.2, -0.15) is 0 Å². The molecule has 13 nitrogen and oxygen atoms in total. The summed E-state index contributed by atoms with van der Waals surface area (Å²) in [6.45, 7) is 1.11. The van der Waals surface area contributed by atoms with Crippen molar-refractivity contribution in [1.29, 1.82) is 0 Å². The normalized spacial score (nSPS) is 18.0. The van der Waals surface area contributed by atoms with Crippen molar-refractivity contribution in [3.05, 3.63) is 75.6 Å². The number of carbonyl (C=O) groups is 4. The molecule has 2 aliphatic rings. The smallest absolute Gasteiger partial charge is 0.322 e. The highest BCUT2D eigenvalue weighted by atomic mass is 19.1. The summed E-state index contributed by atoms with van der Waals surface area (Å²) in [6, 6.07) is 8.34. The van der Waals surface area contributed by atoms with Crippen LogP contribution in [-0.4, -0.2) is 94.1 Å². The second-order valence-electron chi connectivity index (χ2n) is 8.97. The van der Waals surface area contributed by atoms with Crippen LogP contribution in [0.2, 0.25) is 0 Å². The van der Waals surface area contributed by atoms with Gasteiger partial charge in [0.15, 0.2) is 6.17 Å². The topological polar surface area (TPSA) is 163 Å². The van der Waals surface area contributed by atoms with Crippen LogP contribution in [0.3, 0.4) is 0 Å². The number of rotatable bonds is 7. The van der Waals surface area contributed by atoms with E-state index in [1.54, 1.807) is 0 Å². The van der Waals surface area contributed by atoms with Crippen LogP contribution in [0, 0.1) is 15.9 Å². The van der Waals surface area contributed by atoms with E-state index in [1.807, 2.05) is 0 Å². The molecular formula is C25H26FN5O8. The Morgan fingerprint density at radius 2 is 1.74 bits per heavy atom. The Kier molecular flexibility index (Phi) is 8.34. The molecule has 4 amide bonds. The maximum Gasteiger partial charge on any atom is 0.322 e. The van der Waals surface area contributed by atoms with Crippen LogP contribution < -0.4 is 5.32 Å². The standard InChI is InChI=1S/C25H26FN5O8/c26-18-5-1-4-17(13-18)24(35)29-7-8-30(25(36)28-9-11-39-12-10-28)23(29)22(34)27-20(15-21(32)33)16-3-2-6-19(14-16)31(37)38/h1-6,13-14,20,23H,7-12,15H2,(H,27,34)(H,32,33). The van der Waals surface area contributed by atoms with Crippen molar-refractivity contribution in [2.24, 2.45) is 0 Å². The molecule has 206 valence electrons. The molecule has 2 aliphatic heterocycles. The zero-order chi connectivity index (χ0) is 28.1. The van der Waals surface area contributed by atoms with E-state index in [1.165, 1.54) is 40.1 Å². The van der Waals surface area contributed by atoms with Crippen molar-refractivity contribution in [1.82, 2.24) is 20.0 Å². The van der Waals surface area contributed by atoms with Gasteiger partial charge in [0.05, 0.1) is 30.6 Å². The fraction of sp³-hybridized carbons (Fsp3) is 0.360. The first-order valence-corrected chi connectivity index (χ1v) is 12.1. The van der Waals surface area contributed by atoms with Gasteiger partial charge in [0.25, 0.3) is 17.5 Å². The van der Waals surface area contributed by atoms with E-state index >= 15 is 0 Å². The van der Waals surface area contributed by atoms with Gasteiger partial charge >= 0.3 is 12.0 Å². The SMILES string of the molecule is O=C(O)CC(NC(=O)C1N(C(=O)c2cccc(F)c2)CCN1C(=O)N1CCOCC1)c1cccc([N+](=O)[O-])c1. The summed E-state index contributed by atoms with van der Waals surface area (Å²) >= 11 is 0. The predicted octanol–water partition coefficient (Wildman–Crippen LogP) is 1.60. The molecule has 2 aromatic rings. The number of morpholine rings is 1. The van der Waals surface area contributed by atoms with Gasteiger partial charge in [-0.3, -0.25) is 29.4 Å². The summed E-state index contributed by atoms with van der Waals surface area (Å²) in [6.07, 6.45) is -2.10. The van der Waals surface area contributed by atoms with Crippen molar-refractivity contribution in [2.45, 2.75) is 18.6 Å². The molecule has 2 fully saturated rings. The number of amides is 4.